The van der Waals surface area contributed by atoms with E-state index >= 15 is 0 Å². The quantitative estimate of drug-likeness (QED) is 0.801. The molecule has 1 saturated heterocycles. The van der Waals surface area contributed by atoms with E-state index in [4.69, 9.17) is 4.74 Å². The Balaban J connectivity index is 1.91. The third-order valence-corrected chi connectivity index (χ3v) is 5.25. The molecule has 1 fully saturated rings. The predicted octanol–water partition coefficient (Wildman–Crippen LogP) is 4.50. The Bertz CT molecular complexity index is 642. The zero-order valence-corrected chi connectivity index (χ0v) is 14.1. The molecule has 1 aromatic heterocycles. The van der Waals surface area contributed by atoms with Crippen LogP contribution in [0.2, 0.25) is 0 Å². The van der Waals surface area contributed by atoms with Crippen LogP contribution in [0.3, 0.4) is 0 Å². The fourth-order valence-electron chi connectivity index (χ4n) is 2.78. The third-order valence-electron chi connectivity index (χ3n) is 3.78. The molecule has 0 N–H and O–H groups in total. The Morgan fingerprint density at radius 2 is 2.29 bits per heavy atom. The summed E-state index contributed by atoms with van der Waals surface area (Å²) >= 11 is 5.13. The van der Waals surface area contributed by atoms with E-state index in [1.54, 1.807) is 18.4 Å². The number of methoxy groups -OCH3 is 1. The van der Waals surface area contributed by atoms with Crippen molar-refractivity contribution in [2.75, 3.05) is 13.7 Å². The Morgan fingerprint density at radius 3 is 3.00 bits per heavy atom. The van der Waals surface area contributed by atoms with Crippen molar-refractivity contribution >= 4 is 33.2 Å². The number of carbonyl (C=O) groups is 1. The van der Waals surface area contributed by atoms with Gasteiger partial charge in [-0.3, -0.25) is 4.79 Å². The maximum atomic E-state index is 12.9. The molecular weight excluding hydrogens is 350 g/mol. The van der Waals surface area contributed by atoms with Gasteiger partial charge in [-0.15, -0.1) is 11.3 Å². The molecule has 0 aliphatic carbocycles. The molecule has 110 valence electrons. The van der Waals surface area contributed by atoms with Crippen molar-refractivity contribution in [1.82, 2.24) is 4.90 Å². The standard InChI is InChI=1S/C16H16BrNO2S/c1-20-14-10-11(17)6-7-12(14)16(19)18-8-2-4-13(18)15-5-3-9-21-15/h3,5-7,9-10,13H,2,4,8H2,1H3. The number of halogens is 1. The second-order valence-corrected chi connectivity index (χ2v) is 6.91. The lowest BCUT2D eigenvalue weighted by molar-refractivity contribution is 0.0734. The number of amides is 1. The van der Waals surface area contributed by atoms with Crippen molar-refractivity contribution in [2.45, 2.75) is 18.9 Å². The number of hydrogen-bond acceptors (Lipinski definition) is 3. The predicted molar refractivity (Wildman–Crippen MR) is 88.0 cm³/mol. The third kappa shape index (κ3) is 2.85. The van der Waals surface area contributed by atoms with Gasteiger partial charge in [0.15, 0.2) is 0 Å². The molecule has 1 aliphatic heterocycles. The van der Waals surface area contributed by atoms with Crippen LogP contribution >= 0.6 is 27.3 Å². The minimum absolute atomic E-state index is 0.0512. The highest BCUT2D eigenvalue weighted by molar-refractivity contribution is 9.10. The maximum absolute atomic E-state index is 12.9. The van der Waals surface area contributed by atoms with Crippen molar-refractivity contribution in [3.8, 4) is 5.75 Å². The molecule has 2 heterocycles. The minimum atomic E-state index is 0.0512. The van der Waals surface area contributed by atoms with Gasteiger partial charge in [0, 0.05) is 15.9 Å². The van der Waals surface area contributed by atoms with Gasteiger partial charge in [0.05, 0.1) is 18.7 Å². The first-order chi connectivity index (χ1) is 10.2. The molecule has 3 nitrogen and oxygen atoms in total. The Kier molecular flexibility index (Phi) is 4.31. The summed E-state index contributed by atoms with van der Waals surface area (Å²) < 4.78 is 6.27. The molecule has 0 saturated carbocycles. The molecule has 0 bridgehead atoms. The number of hydrogen-bond donors (Lipinski definition) is 0. The highest BCUT2D eigenvalue weighted by atomic mass is 79.9. The van der Waals surface area contributed by atoms with Crippen LogP contribution in [0.5, 0.6) is 5.75 Å². The first kappa shape index (κ1) is 14.6. The van der Waals surface area contributed by atoms with Gasteiger partial charge in [0.1, 0.15) is 5.75 Å². The summed E-state index contributed by atoms with van der Waals surface area (Å²) in [6.45, 7) is 0.806. The van der Waals surface area contributed by atoms with E-state index in [0.29, 0.717) is 11.3 Å². The topological polar surface area (TPSA) is 29.5 Å². The maximum Gasteiger partial charge on any atom is 0.258 e. The molecule has 0 spiro atoms. The van der Waals surface area contributed by atoms with E-state index < -0.39 is 0 Å². The number of likely N-dealkylation sites (tertiary alicyclic amines) is 1. The average molecular weight is 366 g/mol. The number of thiophene rings is 1. The van der Waals surface area contributed by atoms with Crippen LogP contribution in [0.4, 0.5) is 0 Å². The van der Waals surface area contributed by atoms with Gasteiger partial charge in [-0.1, -0.05) is 22.0 Å². The van der Waals surface area contributed by atoms with Crippen molar-refractivity contribution in [3.05, 3.63) is 50.6 Å². The van der Waals surface area contributed by atoms with E-state index in [1.807, 2.05) is 29.2 Å². The van der Waals surface area contributed by atoms with Crippen LogP contribution < -0.4 is 4.74 Å². The molecule has 1 aliphatic rings. The first-order valence-corrected chi connectivity index (χ1v) is 8.56. The normalized spacial score (nSPS) is 18.0. The number of nitrogens with zero attached hydrogens (tertiary/aromatic N) is 1. The van der Waals surface area contributed by atoms with Crippen molar-refractivity contribution < 1.29 is 9.53 Å². The lowest BCUT2D eigenvalue weighted by atomic mass is 10.1. The van der Waals surface area contributed by atoms with Crippen LogP contribution in [0.15, 0.2) is 40.2 Å². The number of rotatable bonds is 3. The number of ether oxygens (including phenoxy) is 1. The zero-order chi connectivity index (χ0) is 14.8. The summed E-state index contributed by atoms with van der Waals surface area (Å²) in [6.07, 6.45) is 2.08. The molecule has 21 heavy (non-hydrogen) atoms. The van der Waals surface area contributed by atoms with Gasteiger partial charge in [-0.25, -0.2) is 0 Å². The van der Waals surface area contributed by atoms with Crippen LogP contribution in [-0.4, -0.2) is 24.5 Å². The monoisotopic (exact) mass is 365 g/mol. The molecule has 1 unspecified atom stereocenters. The Hall–Kier alpha value is -1.33. The van der Waals surface area contributed by atoms with Gasteiger partial charge in [0.2, 0.25) is 0 Å². The van der Waals surface area contributed by atoms with E-state index in [0.717, 1.165) is 23.9 Å². The molecule has 1 amide bonds. The van der Waals surface area contributed by atoms with Crippen LogP contribution in [0.1, 0.15) is 34.1 Å². The fraction of sp³-hybridized carbons (Fsp3) is 0.312. The largest absolute Gasteiger partial charge is 0.496 e. The smallest absolute Gasteiger partial charge is 0.258 e. The van der Waals surface area contributed by atoms with E-state index in [9.17, 15) is 4.79 Å². The molecular formula is C16H16BrNO2S. The van der Waals surface area contributed by atoms with E-state index in [-0.39, 0.29) is 11.9 Å². The molecule has 3 rings (SSSR count). The van der Waals surface area contributed by atoms with Crippen LogP contribution in [0.25, 0.3) is 0 Å². The summed E-state index contributed by atoms with van der Waals surface area (Å²) in [5.41, 5.74) is 0.629. The average Bonchev–Trinajstić information content (AvgIpc) is 3.16. The second-order valence-electron chi connectivity index (χ2n) is 5.02. The number of carbonyl (C=O) groups excluding carboxylic acids is 1. The minimum Gasteiger partial charge on any atom is -0.496 e. The van der Waals surface area contributed by atoms with Gasteiger partial charge < -0.3 is 9.64 Å². The molecule has 1 atom stereocenters. The van der Waals surface area contributed by atoms with Gasteiger partial charge >= 0.3 is 0 Å². The van der Waals surface area contributed by atoms with Crippen LogP contribution in [0, 0.1) is 0 Å². The Morgan fingerprint density at radius 1 is 1.43 bits per heavy atom. The second kappa shape index (κ2) is 6.20. The highest BCUT2D eigenvalue weighted by Gasteiger charge is 2.32. The van der Waals surface area contributed by atoms with Crippen LogP contribution in [-0.2, 0) is 0 Å². The molecule has 1 aromatic carbocycles. The Labute approximate surface area is 136 Å². The molecule has 0 radical (unpaired) electrons. The summed E-state index contributed by atoms with van der Waals surface area (Å²) in [5.74, 6) is 0.668. The lowest BCUT2D eigenvalue weighted by Crippen LogP contribution is -2.30. The molecule has 2 aromatic rings. The molecule has 5 heteroatoms. The lowest BCUT2D eigenvalue weighted by Gasteiger charge is -2.24. The van der Waals surface area contributed by atoms with Gasteiger partial charge in [-0.05, 0) is 42.5 Å². The summed E-state index contributed by atoms with van der Waals surface area (Å²) in [5, 5.41) is 2.07. The summed E-state index contributed by atoms with van der Waals surface area (Å²) in [7, 11) is 1.60. The SMILES string of the molecule is COc1cc(Br)ccc1C(=O)N1CCCC1c1cccs1. The number of benzene rings is 1. The van der Waals surface area contributed by atoms with Crippen molar-refractivity contribution in [1.29, 1.82) is 0 Å². The zero-order valence-electron chi connectivity index (χ0n) is 11.7. The van der Waals surface area contributed by atoms with Gasteiger partial charge in [-0.2, -0.15) is 0 Å². The van der Waals surface area contributed by atoms with Crippen molar-refractivity contribution in [3.63, 3.8) is 0 Å². The summed E-state index contributed by atoms with van der Waals surface area (Å²) in [4.78, 5) is 16.1. The van der Waals surface area contributed by atoms with E-state index in [2.05, 4.69) is 27.4 Å². The summed E-state index contributed by atoms with van der Waals surface area (Å²) in [6, 6.07) is 9.90. The van der Waals surface area contributed by atoms with E-state index in [1.165, 1.54) is 4.88 Å². The fourth-order valence-corrected chi connectivity index (χ4v) is 4.00. The first-order valence-electron chi connectivity index (χ1n) is 6.88. The highest BCUT2D eigenvalue weighted by Crippen LogP contribution is 2.36. The van der Waals surface area contributed by atoms with Gasteiger partial charge in [0.25, 0.3) is 5.91 Å². The van der Waals surface area contributed by atoms with Crippen molar-refractivity contribution in [2.24, 2.45) is 0 Å².